The van der Waals surface area contributed by atoms with Crippen LogP contribution < -0.4 is 5.32 Å². The first-order valence-corrected chi connectivity index (χ1v) is 9.12. The van der Waals surface area contributed by atoms with Crippen LogP contribution in [-0.2, 0) is 6.54 Å². The Hall–Kier alpha value is -1.33. The molecule has 0 saturated carbocycles. The van der Waals surface area contributed by atoms with E-state index in [-0.39, 0.29) is 5.91 Å². The van der Waals surface area contributed by atoms with Crippen molar-refractivity contribution >= 4 is 27.5 Å². The molecule has 4 nitrogen and oxygen atoms in total. The van der Waals surface area contributed by atoms with Crippen LogP contribution in [0.5, 0.6) is 0 Å². The number of carbonyl (C=O) groups excluding carboxylic acids is 1. The number of likely N-dealkylation sites (tertiary alicyclic amines) is 1. The molecule has 0 aliphatic carbocycles. The summed E-state index contributed by atoms with van der Waals surface area (Å²) in [5.74, 6) is 0.00632. The third kappa shape index (κ3) is 3.20. The first kappa shape index (κ1) is 15.6. The van der Waals surface area contributed by atoms with E-state index in [4.69, 9.17) is 0 Å². The number of carbonyl (C=O) groups is 1. The predicted octanol–water partition coefficient (Wildman–Crippen LogP) is 3.66. The van der Waals surface area contributed by atoms with Crippen molar-refractivity contribution in [1.82, 2.24) is 15.2 Å². The van der Waals surface area contributed by atoms with Crippen molar-refractivity contribution in [2.75, 3.05) is 19.6 Å². The lowest BCUT2D eigenvalue weighted by Gasteiger charge is -2.26. The number of hydrogen-bond donors (Lipinski definition) is 2. The number of aromatic amines is 1. The van der Waals surface area contributed by atoms with E-state index in [1.54, 1.807) is 11.3 Å². The number of aromatic nitrogens is 1. The van der Waals surface area contributed by atoms with E-state index in [0.29, 0.717) is 5.69 Å². The molecule has 2 aromatic heterocycles. The van der Waals surface area contributed by atoms with Crippen molar-refractivity contribution in [3.8, 4) is 0 Å². The molecule has 1 amide bonds. The van der Waals surface area contributed by atoms with Gasteiger partial charge in [-0.05, 0) is 45.3 Å². The zero-order valence-electron chi connectivity index (χ0n) is 13.5. The van der Waals surface area contributed by atoms with Crippen molar-refractivity contribution in [1.29, 1.82) is 0 Å². The van der Waals surface area contributed by atoms with Gasteiger partial charge in [-0.2, -0.15) is 0 Å². The van der Waals surface area contributed by atoms with Crippen LogP contribution in [0.15, 0.2) is 6.07 Å². The Morgan fingerprint density at radius 3 is 2.86 bits per heavy atom. The fourth-order valence-electron chi connectivity index (χ4n) is 3.13. The normalized spacial score (nSPS) is 16.3. The van der Waals surface area contributed by atoms with Gasteiger partial charge in [0.1, 0.15) is 5.69 Å². The summed E-state index contributed by atoms with van der Waals surface area (Å²) in [6.07, 6.45) is 4.93. The summed E-state index contributed by atoms with van der Waals surface area (Å²) in [4.78, 5) is 19.4. The number of nitrogens with one attached hydrogen (secondary N) is 2. The molecule has 1 aliphatic rings. The van der Waals surface area contributed by atoms with Crippen LogP contribution in [0, 0.1) is 6.92 Å². The van der Waals surface area contributed by atoms with Gasteiger partial charge in [0, 0.05) is 23.5 Å². The fraction of sp³-hybridized carbons (Fsp3) is 0.588. The minimum Gasteiger partial charge on any atom is -0.351 e. The number of H-pyrrole nitrogens is 1. The van der Waals surface area contributed by atoms with Crippen molar-refractivity contribution < 1.29 is 4.79 Å². The number of amides is 1. The van der Waals surface area contributed by atoms with Gasteiger partial charge < -0.3 is 10.3 Å². The lowest BCUT2D eigenvalue weighted by Crippen LogP contribution is -2.29. The lowest BCUT2D eigenvalue weighted by atomic mass is 10.1. The Kier molecular flexibility index (Phi) is 4.84. The summed E-state index contributed by atoms with van der Waals surface area (Å²) >= 11 is 1.79. The average molecular weight is 319 g/mol. The van der Waals surface area contributed by atoms with E-state index in [1.165, 1.54) is 47.5 Å². The molecule has 0 aromatic carbocycles. The predicted molar refractivity (Wildman–Crippen MR) is 92.7 cm³/mol. The molecule has 0 radical (unpaired) electrons. The molecule has 0 spiro atoms. The maximum atomic E-state index is 12.1. The van der Waals surface area contributed by atoms with Gasteiger partial charge in [0.2, 0.25) is 0 Å². The Labute approximate surface area is 135 Å². The monoisotopic (exact) mass is 319 g/mol. The minimum atomic E-state index is 0.00632. The molecule has 0 atom stereocenters. The van der Waals surface area contributed by atoms with E-state index in [0.717, 1.165) is 25.0 Å². The van der Waals surface area contributed by atoms with Gasteiger partial charge in [0.05, 0.1) is 10.2 Å². The first-order chi connectivity index (χ1) is 10.7. The molecule has 3 heterocycles. The summed E-state index contributed by atoms with van der Waals surface area (Å²) in [6.45, 7) is 8.37. The van der Waals surface area contributed by atoms with E-state index >= 15 is 0 Å². The number of aryl methyl sites for hydroxylation is 1. The van der Waals surface area contributed by atoms with Crippen molar-refractivity contribution in [2.45, 2.75) is 46.1 Å². The largest absolute Gasteiger partial charge is 0.351 e. The Bertz CT molecular complexity index is 652. The Morgan fingerprint density at radius 2 is 2.14 bits per heavy atom. The zero-order valence-corrected chi connectivity index (χ0v) is 14.3. The molecule has 2 N–H and O–H groups in total. The highest BCUT2D eigenvalue weighted by atomic mass is 32.1. The minimum absolute atomic E-state index is 0.00632. The highest BCUT2D eigenvalue weighted by molar-refractivity contribution is 7.19. The summed E-state index contributed by atoms with van der Waals surface area (Å²) in [7, 11) is 0. The van der Waals surface area contributed by atoms with Gasteiger partial charge in [-0.25, -0.2) is 0 Å². The molecule has 0 bridgehead atoms. The third-order valence-corrected chi connectivity index (χ3v) is 5.48. The quantitative estimate of drug-likeness (QED) is 0.883. The highest BCUT2D eigenvalue weighted by Gasteiger charge is 2.18. The maximum absolute atomic E-state index is 12.1. The molecular weight excluding hydrogens is 294 g/mol. The van der Waals surface area contributed by atoms with Crippen LogP contribution in [-0.4, -0.2) is 35.4 Å². The SMILES string of the molecule is CCCNC(=O)c1cc2sc(C)c(CN3CCCCC3)c2[nH]1. The van der Waals surface area contributed by atoms with Crippen LogP contribution in [0.1, 0.15) is 53.5 Å². The molecule has 1 saturated heterocycles. The average Bonchev–Trinajstić information content (AvgIpc) is 3.05. The lowest BCUT2D eigenvalue weighted by molar-refractivity contribution is 0.0949. The molecule has 3 rings (SSSR count). The molecule has 1 aliphatic heterocycles. The fourth-order valence-corrected chi connectivity index (χ4v) is 4.20. The molecule has 2 aromatic rings. The molecule has 22 heavy (non-hydrogen) atoms. The van der Waals surface area contributed by atoms with Gasteiger partial charge >= 0.3 is 0 Å². The van der Waals surface area contributed by atoms with E-state index in [9.17, 15) is 4.79 Å². The van der Waals surface area contributed by atoms with Gasteiger partial charge in [0.15, 0.2) is 0 Å². The second-order valence-electron chi connectivity index (χ2n) is 6.15. The number of fused-ring (bicyclic) bond motifs is 1. The number of rotatable bonds is 5. The zero-order chi connectivity index (χ0) is 15.5. The van der Waals surface area contributed by atoms with Crippen LogP contribution >= 0.6 is 11.3 Å². The van der Waals surface area contributed by atoms with Crippen LogP contribution in [0.4, 0.5) is 0 Å². The number of nitrogens with zero attached hydrogens (tertiary/aromatic N) is 1. The molecule has 1 fully saturated rings. The van der Waals surface area contributed by atoms with Crippen LogP contribution in [0.3, 0.4) is 0 Å². The van der Waals surface area contributed by atoms with Crippen molar-refractivity contribution in [2.24, 2.45) is 0 Å². The third-order valence-electron chi connectivity index (χ3n) is 4.38. The van der Waals surface area contributed by atoms with Gasteiger partial charge in [0.25, 0.3) is 5.91 Å². The van der Waals surface area contributed by atoms with E-state index in [1.807, 2.05) is 6.07 Å². The summed E-state index contributed by atoms with van der Waals surface area (Å²) in [6, 6.07) is 2.00. The van der Waals surface area contributed by atoms with Crippen LogP contribution in [0.2, 0.25) is 0 Å². The molecular formula is C17H25N3OS. The highest BCUT2D eigenvalue weighted by Crippen LogP contribution is 2.32. The van der Waals surface area contributed by atoms with Crippen LogP contribution in [0.25, 0.3) is 10.2 Å². The first-order valence-electron chi connectivity index (χ1n) is 8.30. The summed E-state index contributed by atoms with van der Waals surface area (Å²) < 4.78 is 1.20. The smallest absolute Gasteiger partial charge is 0.267 e. The number of thiophene rings is 1. The Morgan fingerprint density at radius 1 is 1.36 bits per heavy atom. The summed E-state index contributed by atoms with van der Waals surface area (Å²) in [5, 5.41) is 2.94. The van der Waals surface area contributed by atoms with Gasteiger partial charge in [-0.1, -0.05) is 13.3 Å². The van der Waals surface area contributed by atoms with Gasteiger partial charge in [-0.3, -0.25) is 9.69 Å². The molecule has 0 unspecified atom stereocenters. The van der Waals surface area contributed by atoms with E-state index in [2.05, 4.69) is 29.0 Å². The topological polar surface area (TPSA) is 48.1 Å². The Balaban J connectivity index is 1.81. The van der Waals surface area contributed by atoms with Crippen molar-refractivity contribution in [3.05, 3.63) is 22.2 Å². The summed E-state index contributed by atoms with van der Waals surface area (Å²) in [5.41, 5.74) is 3.22. The standard InChI is InChI=1S/C17H25N3OS/c1-3-7-18-17(21)14-10-15-16(19-14)13(12(2)22-15)11-20-8-5-4-6-9-20/h10,19H,3-9,11H2,1-2H3,(H,18,21). The number of hydrogen-bond acceptors (Lipinski definition) is 3. The van der Waals surface area contributed by atoms with E-state index < -0.39 is 0 Å². The molecule has 120 valence electrons. The van der Waals surface area contributed by atoms with Crippen molar-refractivity contribution in [3.63, 3.8) is 0 Å². The maximum Gasteiger partial charge on any atom is 0.267 e. The second-order valence-corrected chi connectivity index (χ2v) is 7.41. The molecule has 5 heteroatoms. The number of piperidine rings is 1. The van der Waals surface area contributed by atoms with Gasteiger partial charge in [-0.15, -0.1) is 11.3 Å². The second kappa shape index (κ2) is 6.84.